The number of carbonyl (C=O) groups is 7. The molecule has 0 aromatic heterocycles. The van der Waals surface area contributed by atoms with E-state index in [-0.39, 0.29) is 51.0 Å². The van der Waals surface area contributed by atoms with E-state index in [0.717, 1.165) is 25.7 Å². The maximum atomic E-state index is 13.7. The first-order valence-electron chi connectivity index (χ1n) is 20.9. The van der Waals surface area contributed by atoms with Gasteiger partial charge in [0.1, 0.15) is 24.2 Å². The Bertz CT molecular complexity index is 1230. The van der Waals surface area contributed by atoms with E-state index in [9.17, 15) is 43.8 Å². The number of nitrogens with zero attached hydrogens (tertiary/aromatic N) is 1. The van der Waals surface area contributed by atoms with Crippen molar-refractivity contribution in [2.75, 3.05) is 20.1 Å². The standard InChI is InChI=1S/C39H73N9O9/c1-3-4-5-6-7-8-9-10-11-12-13-14-15-21-32(49)45-30(22-24-33(50)51)37(56)47-29(20-18-27-44-39(41)42)36(55)48-31(23-25-34(52)53)38(57)46-28(35(54)43-2)19-16-17-26-40/h28-31H,3-27,40H2,1-2H3,(H,43,54)(H,45,49)(H,46,57)(H,47,56)(H,48,55)(H,50,51)(H,52,53)(H4,41,42,44)/t28-,29-,30-,31-/m0/s1. The average molecular weight is 812 g/mol. The summed E-state index contributed by atoms with van der Waals surface area (Å²) >= 11 is 0. The van der Waals surface area contributed by atoms with E-state index in [1.807, 2.05) is 0 Å². The summed E-state index contributed by atoms with van der Waals surface area (Å²) in [5.41, 5.74) is 16.4. The number of rotatable bonds is 36. The number of nitrogens with two attached hydrogens (primary N) is 3. The lowest BCUT2D eigenvalue weighted by atomic mass is 10.0. The fourth-order valence-electron chi connectivity index (χ4n) is 6.17. The van der Waals surface area contributed by atoms with Crippen LogP contribution in [0.3, 0.4) is 0 Å². The van der Waals surface area contributed by atoms with E-state index in [0.29, 0.717) is 25.8 Å². The molecule has 0 aromatic rings. The molecule has 4 atom stereocenters. The van der Waals surface area contributed by atoms with E-state index in [1.165, 1.54) is 58.4 Å². The third-order valence-corrected chi connectivity index (χ3v) is 9.49. The van der Waals surface area contributed by atoms with Crippen LogP contribution in [0.5, 0.6) is 0 Å². The second-order valence-electron chi connectivity index (χ2n) is 14.5. The highest BCUT2D eigenvalue weighted by molar-refractivity contribution is 5.95. The van der Waals surface area contributed by atoms with Crippen LogP contribution < -0.4 is 43.8 Å². The summed E-state index contributed by atoms with van der Waals surface area (Å²) in [6.07, 6.45) is 14.9. The number of hydrogen-bond donors (Lipinski definition) is 10. The van der Waals surface area contributed by atoms with Gasteiger partial charge >= 0.3 is 11.9 Å². The molecule has 0 aromatic carbocycles. The molecular formula is C39H73N9O9. The minimum atomic E-state index is -1.41. The number of likely N-dealkylation sites (N-methyl/N-ethyl adjacent to an activating group) is 1. The topological polar surface area (TPSA) is 311 Å². The smallest absolute Gasteiger partial charge is 0.303 e. The molecule has 0 rings (SSSR count). The Morgan fingerprint density at radius 3 is 1.33 bits per heavy atom. The predicted molar refractivity (Wildman–Crippen MR) is 219 cm³/mol. The van der Waals surface area contributed by atoms with Gasteiger partial charge in [0.15, 0.2) is 5.96 Å². The zero-order chi connectivity index (χ0) is 42.8. The summed E-state index contributed by atoms with van der Waals surface area (Å²) in [5, 5.41) is 31.4. The largest absolute Gasteiger partial charge is 0.481 e. The van der Waals surface area contributed by atoms with E-state index in [4.69, 9.17) is 17.2 Å². The summed E-state index contributed by atoms with van der Waals surface area (Å²) in [5.74, 6) is -6.01. The van der Waals surface area contributed by atoms with Crippen molar-refractivity contribution in [1.82, 2.24) is 26.6 Å². The number of guanidine groups is 1. The molecule has 0 aliphatic heterocycles. The van der Waals surface area contributed by atoms with Crippen LogP contribution in [0.1, 0.15) is 155 Å². The number of carboxylic acid groups (broad SMARTS) is 2. The third kappa shape index (κ3) is 28.6. The lowest BCUT2D eigenvalue weighted by Crippen LogP contribution is -2.58. The first kappa shape index (κ1) is 52.5. The van der Waals surface area contributed by atoms with Gasteiger partial charge in [-0.15, -0.1) is 0 Å². The quantitative estimate of drug-likeness (QED) is 0.0247. The maximum absolute atomic E-state index is 13.7. The van der Waals surface area contributed by atoms with Crippen molar-refractivity contribution >= 4 is 47.4 Å². The highest BCUT2D eigenvalue weighted by Crippen LogP contribution is 2.14. The molecule has 0 bridgehead atoms. The van der Waals surface area contributed by atoms with E-state index in [1.54, 1.807) is 0 Å². The highest BCUT2D eigenvalue weighted by Gasteiger charge is 2.31. The van der Waals surface area contributed by atoms with Crippen molar-refractivity contribution in [2.45, 2.75) is 179 Å². The lowest BCUT2D eigenvalue weighted by molar-refractivity contribution is -0.138. The maximum Gasteiger partial charge on any atom is 0.303 e. The molecule has 0 unspecified atom stereocenters. The van der Waals surface area contributed by atoms with Gasteiger partial charge < -0.3 is 54.0 Å². The molecule has 5 amide bonds. The zero-order valence-corrected chi connectivity index (χ0v) is 34.4. The molecule has 0 fully saturated rings. The molecule has 328 valence electrons. The fraction of sp³-hybridized carbons (Fsp3) is 0.795. The molecule has 0 radical (unpaired) electrons. The molecule has 0 aliphatic carbocycles. The number of unbranched alkanes of at least 4 members (excludes halogenated alkanes) is 13. The Morgan fingerprint density at radius 2 is 0.912 bits per heavy atom. The van der Waals surface area contributed by atoms with Gasteiger partial charge in [-0.05, 0) is 57.9 Å². The first-order chi connectivity index (χ1) is 27.2. The van der Waals surface area contributed by atoms with Gasteiger partial charge in [0, 0.05) is 32.9 Å². The van der Waals surface area contributed by atoms with Crippen molar-refractivity contribution in [3.63, 3.8) is 0 Å². The number of carboxylic acids is 2. The number of aliphatic imine (C=N–C) groups is 1. The van der Waals surface area contributed by atoms with E-state index in [2.05, 4.69) is 38.5 Å². The second kappa shape index (κ2) is 33.6. The van der Waals surface area contributed by atoms with Gasteiger partial charge in [-0.1, -0.05) is 84.0 Å². The number of carbonyl (C=O) groups excluding carboxylic acids is 5. The second-order valence-corrected chi connectivity index (χ2v) is 14.5. The van der Waals surface area contributed by atoms with Gasteiger partial charge in [0.2, 0.25) is 29.5 Å². The monoisotopic (exact) mass is 812 g/mol. The lowest BCUT2D eigenvalue weighted by Gasteiger charge is -2.26. The molecule has 0 saturated heterocycles. The molecule has 0 saturated carbocycles. The Hall–Kier alpha value is -4.48. The van der Waals surface area contributed by atoms with Gasteiger partial charge in [-0.25, -0.2) is 0 Å². The van der Waals surface area contributed by atoms with Gasteiger partial charge in [0.05, 0.1) is 0 Å². The summed E-state index contributed by atoms with van der Waals surface area (Å²) < 4.78 is 0. The minimum absolute atomic E-state index is 0.0415. The molecule has 18 heteroatoms. The van der Waals surface area contributed by atoms with Crippen molar-refractivity contribution in [1.29, 1.82) is 0 Å². The van der Waals surface area contributed by atoms with Gasteiger partial charge in [-0.3, -0.25) is 38.6 Å². The van der Waals surface area contributed by atoms with Crippen LogP contribution in [0.4, 0.5) is 0 Å². The molecule has 0 spiro atoms. The van der Waals surface area contributed by atoms with Crippen LogP contribution in [-0.4, -0.2) is 102 Å². The molecule has 57 heavy (non-hydrogen) atoms. The van der Waals surface area contributed by atoms with E-state index >= 15 is 0 Å². The van der Waals surface area contributed by atoms with Crippen LogP contribution >= 0.6 is 0 Å². The summed E-state index contributed by atoms with van der Waals surface area (Å²) in [7, 11) is 1.40. The molecule has 18 nitrogen and oxygen atoms in total. The van der Waals surface area contributed by atoms with Crippen molar-refractivity contribution in [3.05, 3.63) is 0 Å². The number of aliphatic carboxylic acids is 2. The molecular weight excluding hydrogens is 738 g/mol. The summed E-state index contributed by atoms with van der Waals surface area (Å²) in [6.45, 7) is 2.67. The predicted octanol–water partition coefficient (Wildman–Crippen LogP) is 2.07. The van der Waals surface area contributed by atoms with E-state index < -0.39 is 78.5 Å². The van der Waals surface area contributed by atoms with Crippen LogP contribution in [0.15, 0.2) is 4.99 Å². The van der Waals surface area contributed by atoms with Crippen molar-refractivity contribution in [3.8, 4) is 0 Å². The first-order valence-corrected chi connectivity index (χ1v) is 20.9. The summed E-state index contributed by atoms with van der Waals surface area (Å²) in [4.78, 5) is 92.8. The third-order valence-electron chi connectivity index (χ3n) is 9.49. The zero-order valence-electron chi connectivity index (χ0n) is 34.4. The Labute approximate surface area is 338 Å². The van der Waals surface area contributed by atoms with Crippen LogP contribution in [0, 0.1) is 0 Å². The van der Waals surface area contributed by atoms with Crippen LogP contribution in [-0.2, 0) is 33.6 Å². The Morgan fingerprint density at radius 1 is 0.509 bits per heavy atom. The Kier molecular flexibility index (Phi) is 31.0. The fourth-order valence-corrected chi connectivity index (χ4v) is 6.17. The Balaban J connectivity index is 5.64. The number of amides is 5. The van der Waals surface area contributed by atoms with Crippen molar-refractivity contribution < 1.29 is 43.8 Å². The number of hydrogen-bond acceptors (Lipinski definition) is 9. The minimum Gasteiger partial charge on any atom is -0.481 e. The average Bonchev–Trinajstić information content (AvgIpc) is 3.16. The normalized spacial score (nSPS) is 13.0. The van der Waals surface area contributed by atoms with Gasteiger partial charge in [-0.2, -0.15) is 0 Å². The van der Waals surface area contributed by atoms with Gasteiger partial charge in [0.25, 0.3) is 0 Å². The highest BCUT2D eigenvalue weighted by atomic mass is 16.4. The number of nitrogens with one attached hydrogen (secondary N) is 5. The summed E-state index contributed by atoms with van der Waals surface area (Å²) in [6, 6.07) is -4.99. The SMILES string of the molecule is CCCCCCCCCCCCCCCC(=O)N[C@@H](CCC(=O)O)C(=O)N[C@@H](CCCN=C(N)N)C(=O)N[C@@H](CCC(=O)O)C(=O)N[C@@H](CCCCN)C(=O)NC. The van der Waals surface area contributed by atoms with Crippen LogP contribution in [0.2, 0.25) is 0 Å². The molecule has 13 N–H and O–H groups in total. The molecule has 0 aliphatic rings. The molecule has 0 heterocycles. The van der Waals surface area contributed by atoms with Crippen LogP contribution in [0.25, 0.3) is 0 Å². The van der Waals surface area contributed by atoms with Crippen molar-refractivity contribution in [2.24, 2.45) is 22.2 Å².